The number of rotatable bonds is 8. The van der Waals surface area contributed by atoms with Crippen molar-refractivity contribution in [2.24, 2.45) is 0 Å². The fourth-order valence-corrected chi connectivity index (χ4v) is 2.23. The van der Waals surface area contributed by atoms with Crippen molar-refractivity contribution in [3.63, 3.8) is 0 Å². The van der Waals surface area contributed by atoms with Crippen molar-refractivity contribution < 1.29 is 14.3 Å². The maximum Gasteiger partial charge on any atom is 0.242 e. The van der Waals surface area contributed by atoms with Gasteiger partial charge in [0, 0.05) is 19.5 Å². The summed E-state index contributed by atoms with van der Waals surface area (Å²) in [6.45, 7) is 6.54. The largest absolute Gasteiger partial charge is 0.497 e. The van der Waals surface area contributed by atoms with E-state index in [2.05, 4.69) is 5.32 Å². The molecule has 122 valence electrons. The van der Waals surface area contributed by atoms with Crippen LogP contribution in [0.25, 0.3) is 0 Å². The number of amides is 2. The minimum atomic E-state index is -0.495. The van der Waals surface area contributed by atoms with Crippen molar-refractivity contribution in [3.8, 4) is 5.75 Å². The second-order valence-corrected chi connectivity index (χ2v) is 5.19. The Labute approximate surface area is 132 Å². The van der Waals surface area contributed by atoms with E-state index < -0.39 is 6.04 Å². The van der Waals surface area contributed by atoms with Gasteiger partial charge in [0.2, 0.25) is 11.8 Å². The van der Waals surface area contributed by atoms with Crippen LogP contribution in [0.5, 0.6) is 5.75 Å². The van der Waals surface area contributed by atoms with Gasteiger partial charge in [-0.15, -0.1) is 0 Å². The average molecular weight is 306 g/mol. The third-order valence-electron chi connectivity index (χ3n) is 3.47. The molecule has 1 unspecified atom stereocenters. The van der Waals surface area contributed by atoms with Crippen LogP contribution in [-0.2, 0) is 16.1 Å². The highest BCUT2D eigenvalue weighted by Crippen LogP contribution is 2.16. The summed E-state index contributed by atoms with van der Waals surface area (Å²) in [7, 11) is 1.61. The molecular weight excluding hydrogens is 280 g/mol. The molecule has 1 aromatic carbocycles. The van der Waals surface area contributed by atoms with E-state index >= 15 is 0 Å². The minimum absolute atomic E-state index is 0.0101. The Bertz CT molecular complexity index is 502. The van der Waals surface area contributed by atoms with Gasteiger partial charge in [-0.3, -0.25) is 9.59 Å². The van der Waals surface area contributed by atoms with Gasteiger partial charge in [-0.1, -0.05) is 19.1 Å². The summed E-state index contributed by atoms with van der Waals surface area (Å²) in [5, 5.41) is 2.77. The Kier molecular flexibility index (Phi) is 7.43. The fourth-order valence-electron chi connectivity index (χ4n) is 2.23. The molecule has 0 radical (unpaired) electrons. The monoisotopic (exact) mass is 306 g/mol. The van der Waals surface area contributed by atoms with Crippen molar-refractivity contribution in [2.45, 2.75) is 46.2 Å². The predicted octanol–water partition coefficient (Wildman–Crippen LogP) is 2.35. The summed E-state index contributed by atoms with van der Waals surface area (Å²) in [6, 6.07) is 7.06. The molecule has 0 saturated heterocycles. The summed E-state index contributed by atoms with van der Waals surface area (Å²) >= 11 is 0. The van der Waals surface area contributed by atoms with E-state index in [-0.39, 0.29) is 11.8 Å². The molecule has 0 aromatic heterocycles. The highest BCUT2D eigenvalue weighted by atomic mass is 16.5. The third-order valence-corrected chi connectivity index (χ3v) is 3.47. The number of benzene rings is 1. The first-order chi connectivity index (χ1) is 10.5. The van der Waals surface area contributed by atoms with Gasteiger partial charge in [-0.2, -0.15) is 0 Å². The normalized spacial score (nSPS) is 11.6. The van der Waals surface area contributed by atoms with E-state index in [0.29, 0.717) is 19.5 Å². The zero-order chi connectivity index (χ0) is 16.5. The maximum absolute atomic E-state index is 12.4. The van der Waals surface area contributed by atoms with E-state index in [9.17, 15) is 9.59 Å². The molecular formula is C17H26N2O3. The van der Waals surface area contributed by atoms with Crippen LogP contribution >= 0.6 is 0 Å². The lowest BCUT2D eigenvalue weighted by atomic mass is 10.1. The van der Waals surface area contributed by atoms with Gasteiger partial charge >= 0.3 is 0 Å². The molecule has 22 heavy (non-hydrogen) atoms. The van der Waals surface area contributed by atoms with E-state index in [1.165, 1.54) is 0 Å². The summed E-state index contributed by atoms with van der Waals surface area (Å²) < 4.78 is 5.21. The fraction of sp³-hybridized carbons (Fsp3) is 0.529. The van der Waals surface area contributed by atoms with Crippen LogP contribution in [0.4, 0.5) is 0 Å². The number of carbonyl (C=O) groups excluding carboxylic acids is 2. The first-order valence-electron chi connectivity index (χ1n) is 7.73. The van der Waals surface area contributed by atoms with Crippen molar-refractivity contribution in [1.29, 1.82) is 0 Å². The number of methoxy groups -OCH3 is 1. The smallest absolute Gasteiger partial charge is 0.242 e. The number of hydrogen-bond acceptors (Lipinski definition) is 3. The Balaban J connectivity index is 2.94. The number of nitrogens with zero attached hydrogens (tertiary/aromatic N) is 1. The third kappa shape index (κ3) is 5.06. The Morgan fingerprint density at radius 3 is 2.64 bits per heavy atom. The molecule has 1 atom stereocenters. The minimum Gasteiger partial charge on any atom is -0.497 e. The van der Waals surface area contributed by atoms with Crippen LogP contribution in [0.3, 0.4) is 0 Å². The van der Waals surface area contributed by atoms with E-state index in [0.717, 1.165) is 17.7 Å². The summed E-state index contributed by atoms with van der Waals surface area (Å²) in [6.07, 6.45) is 1.20. The summed E-state index contributed by atoms with van der Waals surface area (Å²) in [5.74, 6) is 0.602. The lowest BCUT2D eigenvalue weighted by Gasteiger charge is -2.28. The molecule has 2 amide bonds. The van der Waals surface area contributed by atoms with Crippen LogP contribution in [0.1, 0.15) is 39.2 Å². The van der Waals surface area contributed by atoms with E-state index in [1.807, 2.05) is 38.1 Å². The van der Waals surface area contributed by atoms with Crippen LogP contribution < -0.4 is 10.1 Å². The summed E-state index contributed by atoms with van der Waals surface area (Å²) in [4.78, 5) is 26.1. The first kappa shape index (κ1) is 18.0. The van der Waals surface area contributed by atoms with Crippen LogP contribution in [-0.4, -0.2) is 36.4 Å². The van der Waals surface area contributed by atoms with Crippen molar-refractivity contribution in [2.75, 3.05) is 13.7 Å². The Hall–Kier alpha value is -2.04. The second-order valence-electron chi connectivity index (χ2n) is 5.19. The molecule has 0 saturated carbocycles. The zero-order valence-corrected chi connectivity index (χ0v) is 13.9. The molecule has 5 nitrogen and oxygen atoms in total. The summed E-state index contributed by atoms with van der Waals surface area (Å²) in [5.41, 5.74) is 0.944. The molecule has 5 heteroatoms. The number of hydrogen-bond donors (Lipinski definition) is 1. The van der Waals surface area contributed by atoms with Gasteiger partial charge in [-0.25, -0.2) is 0 Å². The van der Waals surface area contributed by atoms with Gasteiger partial charge in [0.05, 0.1) is 7.11 Å². The molecule has 1 aromatic rings. The SMILES string of the molecule is CCCC(=O)N(Cc1cccc(OC)c1)C(C)C(=O)NCC. The number of carbonyl (C=O) groups is 2. The van der Waals surface area contributed by atoms with Gasteiger partial charge < -0.3 is 15.0 Å². The topological polar surface area (TPSA) is 58.6 Å². The van der Waals surface area contributed by atoms with Gasteiger partial charge in [0.1, 0.15) is 11.8 Å². The van der Waals surface area contributed by atoms with Crippen LogP contribution in [0, 0.1) is 0 Å². The standard InChI is InChI=1S/C17H26N2O3/c1-5-8-16(20)19(13(3)17(21)18-6-2)12-14-9-7-10-15(11-14)22-4/h7,9-11,13H,5-6,8,12H2,1-4H3,(H,18,21). The maximum atomic E-state index is 12.4. The molecule has 1 N–H and O–H groups in total. The lowest BCUT2D eigenvalue weighted by molar-refractivity contribution is -0.140. The Morgan fingerprint density at radius 1 is 1.32 bits per heavy atom. The molecule has 1 rings (SSSR count). The Morgan fingerprint density at radius 2 is 2.05 bits per heavy atom. The average Bonchev–Trinajstić information content (AvgIpc) is 2.52. The van der Waals surface area contributed by atoms with Gasteiger partial charge in [-0.05, 0) is 38.0 Å². The van der Waals surface area contributed by atoms with Crippen molar-refractivity contribution in [1.82, 2.24) is 10.2 Å². The van der Waals surface area contributed by atoms with E-state index in [4.69, 9.17) is 4.74 Å². The van der Waals surface area contributed by atoms with Crippen LogP contribution in [0.15, 0.2) is 24.3 Å². The molecule has 0 aliphatic rings. The zero-order valence-electron chi connectivity index (χ0n) is 13.9. The molecule has 0 fully saturated rings. The predicted molar refractivity (Wildman–Crippen MR) is 86.6 cm³/mol. The molecule has 0 heterocycles. The number of likely N-dealkylation sites (N-methyl/N-ethyl adjacent to an activating group) is 1. The first-order valence-corrected chi connectivity index (χ1v) is 7.73. The molecule has 0 aliphatic carbocycles. The second kappa shape index (κ2) is 9.07. The van der Waals surface area contributed by atoms with Gasteiger partial charge in [0.25, 0.3) is 0 Å². The van der Waals surface area contributed by atoms with Gasteiger partial charge in [0.15, 0.2) is 0 Å². The van der Waals surface area contributed by atoms with Crippen LogP contribution in [0.2, 0.25) is 0 Å². The molecule has 0 aliphatic heterocycles. The number of nitrogens with one attached hydrogen (secondary N) is 1. The highest BCUT2D eigenvalue weighted by Gasteiger charge is 2.25. The molecule has 0 spiro atoms. The molecule has 0 bridgehead atoms. The lowest BCUT2D eigenvalue weighted by Crippen LogP contribution is -2.47. The van der Waals surface area contributed by atoms with Crippen molar-refractivity contribution >= 4 is 11.8 Å². The highest BCUT2D eigenvalue weighted by molar-refractivity contribution is 5.87. The van der Waals surface area contributed by atoms with E-state index in [1.54, 1.807) is 18.9 Å². The number of ether oxygens (including phenoxy) is 1. The van der Waals surface area contributed by atoms with Crippen molar-refractivity contribution in [3.05, 3.63) is 29.8 Å². The quantitative estimate of drug-likeness (QED) is 0.802.